The lowest BCUT2D eigenvalue weighted by atomic mass is 10.1. The Labute approximate surface area is 170 Å². The number of nitrogens with zero attached hydrogens (tertiary/aromatic N) is 6. The van der Waals surface area contributed by atoms with Crippen LogP contribution < -0.4 is 4.90 Å². The number of aliphatic carboxylic acids is 1. The molecule has 2 aromatic heterocycles. The van der Waals surface area contributed by atoms with E-state index in [-0.39, 0.29) is 5.91 Å². The van der Waals surface area contributed by atoms with Crippen molar-refractivity contribution in [2.75, 3.05) is 31.6 Å². The summed E-state index contributed by atoms with van der Waals surface area (Å²) in [5.74, 6) is -1.80. The van der Waals surface area contributed by atoms with E-state index in [1.165, 1.54) is 6.20 Å². The van der Waals surface area contributed by atoms with Crippen LogP contribution in [0.2, 0.25) is 0 Å². The number of fused-ring (bicyclic) bond motifs is 1. The van der Waals surface area contributed by atoms with Crippen LogP contribution >= 0.6 is 0 Å². The fourth-order valence-electron chi connectivity index (χ4n) is 2.79. The summed E-state index contributed by atoms with van der Waals surface area (Å²) in [6.45, 7) is 4.29. The molecule has 2 aromatic rings. The first-order valence-electron chi connectivity index (χ1n) is 9.05. The van der Waals surface area contributed by atoms with Gasteiger partial charge in [-0.05, 0) is 19.4 Å². The Morgan fingerprint density at radius 1 is 1.20 bits per heavy atom. The minimum absolute atomic E-state index is 0.00828. The van der Waals surface area contributed by atoms with E-state index in [0.29, 0.717) is 18.7 Å². The summed E-state index contributed by atoms with van der Waals surface area (Å²) in [7, 11) is 2.03. The third-order valence-electron chi connectivity index (χ3n) is 4.46. The summed E-state index contributed by atoms with van der Waals surface area (Å²) in [6.07, 6.45) is 1.09. The number of carboxylic acid groups (broad SMARTS) is 1. The van der Waals surface area contributed by atoms with Crippen LogP contribution in [0.4, 0.5) is 19.0 Å². The van der Waals surface area contributed by atoms with Crippen LogP contribution in [-0.4, -0.2) is 74.9 Å². The molecule has 1 N–H and O–H groups in total. The number of halogens is 3. The number of rotatable bonds is 3. The molecule has 0 bridgehead atoms. The Morgan fingerprint density at radius 3 is 2.43 bits per heavy atom. The van der Waals surface area contributed by atoms with Gasteiger partial charge in [0.25, 0.3) is 5.91 Å². The minimum atomic E-state index is -5.08. The molecular weight excluding hydrogens is 405 g/mol. The number of carbonyl (C=O) groups excluding carboxylic acids is 1. The molecule has 1 aliphatic heterocycles. The Hall–Kier alpha value is -3.31. The Kier molecular flexibility index (Phi) is 7.61. The van der Waals surface area contributed by atoms with Gasteiger partial charge in [0, 0.05) is 38.7 Å². The zero-order valence-electron chi connectivity index (χ0n) is 16.4. The summed E-state index contributed by atoms with van der Waals surface area (Å²) >= 11 is 0. The SMILES string of the molecule is CCN(C)c1ncnc2c1CCN(C(=O)c1ccnnc1)CC2.O=C(O)C(F)(F)F. The fourth-order valence-corrected chi connectivity index (χ4v) is 2.79. The van der Waals surface area contributed by atoms with Gasteiger partial charge in [0.1, 0.15) is 12.1 Å². The van der Waals surface area contributed by atoms with Gasteiger partial charge in [0.15, 0.2) is 0 Å². The second kappa shape index (κ2) is 9.94. The largest absolute Gasteiger partial charge is 0.490 e. The lowest BCUT2D eigenvalue weighted by molar-refractivity contribution is -0.192. The monoisotopic (exact) mass is 426 g/mol. The molecule has 0 saturated heterocycles. The quantitative estimate of drug-likeness (QED) is 0.788. The van der Waals surface area contributed by atoms with Gasteiger partial charge in [-0.1, -0.05) is 0 Å². The smallest absolute Gasteiger partial charge is 0.475 e. The second-order valence-electron chi connectivity index (χ2n) is 6.36. The highest BCUT2D eigenvalue weighted by Gasteiger charge is 2.38. The van der Waals surface area contributed by atoms with Gasteiger partial charge < -0.3 is 14.9 Å². The average molecular weight is 426 g/mol. The second-order valence-corrected chi connectivity index (χ2v) is 6.36. The van der Waals surface area contributed by atoms with Crippen molar-refractivity contribution < 1.29 is 27.9 Å². The van der Waals surface area contributed by atoms with Crippen molar-refractivity contribution in [3.05, 3.63) is 41.6 Å². The third kappa shape index (κ3) is 5.84. The Balaban J connectivity index is 0.000000396. The van der Waals surface area contributed by atoms with Crippen molar-refractivity contribution in [1.29, 1.82) is 0 Å². The number of anilines is 1. The van der Waals surface area contributed by atoms with Crippen molar-refractivity contribution in [2.45, 2.75) is 25.9 Å². The highest BCUT2D eigenvalue weighted by atomic mass is 19.4. The van der Waals surface area contributed by atoms with Gasteiger partial charge in [-0.15, -0.1) is 0 Å². The zero-order valence-corrected chi connectivity index (χ0v) is 16.4. The molecule has 0 aliphatic carbocycles. The summed E-state index contributed by atoms with van der Waals surface area (Å²) < 4.78 is 31.7. The van der Waals surface area contributed by atoms with Crippen molar-refractivity contribution in [3.8, 4) is 0 Å². The molecule has 0 unspecified atom stereocenters. The molecular formula is C18H21F3N6O3. The predicted molar refractivity (Wildman–Crippen MR) is 100 cm³/mol. The molecule has 0 aromatic carbocycles. The van der Waals surface area contributed by atoms with E-state index in [2.05, 4.69) is 32.0 Å². The minimum Gasteiger partial charge on any atom is -0.475 e. The molecule has 0 fully saturated rings. The van der Waals surface area contributed by atoms with E-state index in [1.807, 2.05) is 11.9 Å². The molecule has 162 valence electrons. The van der Waals surface area contributed by atoms with Crippen LogP contribution in [0.1, 0.15) is 28.5 Å². The maximum Gasteiger partial charge on any atom is 0.490 e. The molecule has 30 heavy (non-hydrogen) atoms. The molecule has 9 nitrogen and oxygen atoms in total. The van der Waals surface area contributed by atoms with Crippen molar-refractivity contribution in [1.82, 2.24) is 25.1 Å². The van der Waals surface area contributed by atoms with E-state index in [9.17, 15) is 18.0 Å². The number of carboxylic acids is 1. The number of hydrogen-bond donors (Lipinski definition) is 1. The third-order valence-corrected chi connectivity index (χ3v) is 4.46. The Morgan fingerprint density at radius 2 is 1.87 bits per heavy atom. The number of amides is 1. The topological polar surface area (TPSA) is 112 Å². The van der Waals surface area contributed by atoms with Crippen LogP contribution in [0.5, 0.6) is 0 Å². The van der Waals surface area contributed by atoms with Gasteiger partial charge in [-0.2, -0.15) is 23.4 Å². The van der Waals surface area contributed by atoms with E-state index < -0.39 is 12.1 Å². The van der Waals surface area contributed by atoms with Gasteiger partial charge in [-0.3, -0.25) is 4.79 Å². The average Bonchev–Trinajstić information content (AvgIpc) is 2.95. The van der Waals surface area contributed by atoms with Crippen molar-refractivity contribution in [2.24, 2.45) is 0 Å². The van der Waals surface area contributed by atoms with Crippen LogP contribution in [0.25, 0.3) is 0 Å². The highest BCUT2D eigenvalue weighted by molar-refractivity contribution is 5.93. The van der Waals surface area contributed by atoms with Crippen LogP contribution in [0.3, 0.4) is 0 Å². The molecule has 0 saturated carbocycles. The van der Waals surface area contributed by atoms with Gasteiger partial charge in [0.2, 0.25) is 0 Å². The maximum atomic E-state index is 12.6. The fraction of sp³-hybridized carbons (Fsp3) is 0.444. The first kappa shape index (κ1) is 23.0. The van der Waals surface area contributed by atoms with Gasteiger partial charge in [-0.25, -0.2) is 14.8 Å². The molecule has 1 aliphatic rings. The summed E-state index contributed by atoms with van der Waals surface area (Å²) in [4.78, 5) is 34.3. The van der Waals surface area contributed by atoms with Crippen LogP contribution in [0, 0.1) is 0 Å². The number of aromatic nitrogens is 4. The molecule has 0 spiro atoms. The number of carbonyl (C=O) groups is 2. The predicted octanol–water partition coefficient (Wildman–Crippen LogP) is 1.60. The highest BCUT2D eigenvalue weighted by Crippen LogP contribution is 2.23. The lowest BCUT2D eigenvalue weighted by Gasteiger charge is -2.21. The molecule has 3 heterocycles. The van der Waals surface area contributed by atoms with E-state index in [1.54, 1.807) is 18.6 Å². The Bertz CT molecular complexity index is 879. The first-order valence-corrected chi connectivity index (χ1v) is 9.05. The van der Waals surface area contributed by atoms with Crippen molar-refractivity contribution in [3.63, 3.8) is 0 Å². The number of hydrogen-bond acceptors (Lipinski definition) is 7. The van der Waals surface area contributed by atoms with E-state index in [0.717, 1.165) is 36.5 Å². The first-order chi connectivity index (χ1) is 14.1. The summed E-state index contributed by atoms with van der Waals surface area (Å²) in [6, 6.07) is 1.70. The molecule has 0 radical (unpaired) electrons. The van der Waals surface area contributed by atoms with Crippen LogP contribution in [0.15, 0.2) is 24.8 Å². The van der Waals surface area contributed by atoms with E-state index >= 15 is 0 Å². The standard InChI is InChI=1S/C16H20N6O.C2HF3O2/c1-3-21(2)15-13-5-8-22(9-6-14(13)17-11-18-15)16(23)12-4-7-19-20-10-12;3-2(4,5)1(6)7/h4,7,10-11H,3,5-6,8-9H2,1-2H3;(H,6,7). The zero-order chi connectivity index (χ0) is 22.3. The van der Waals surface area contributed by atoms with Crippen LogP contribution in [-0.2, 0) is 17.6 Å². The molecule has 0 atom stereocenters. The van der Waals surface area contributed by atoms with E-state index in [4.69, 9.17) is 9.90 Å². The van der Waals surface area contributed by atoms with Gasteiger partial charge >= 0.3 is 12.1 Å². The molecule has 12 heteroatoms. The number of alkyl halides is 3. The molecule has 3 rings (SSSR count). The molecule has 1 amide bonds. The summed E-state index contributed by atoms with van der Waals surface area (Å²) in [5.41, 5.74) is 2.77. The summed E-state index contributed by atoms with van der Waals surface area (Å²) in [5, 5.41) is 14.6. The van der Waals surface area contributed by atoms with Gasteiger partial charge in [0.05, 0.1) is 23.7 Å². The maximum absolute atomic E-state index is 12.6. The normalized spacial score (nSPS) is 13.4. The van der Waals surface area contributed by atoms with Crippen molar-refractivity contribution >= 4 is 17.7 Å². The lowest BCUT2D eigenvalue weighted by Crippen LogP contribution is -2.33.